The van der Waals surface area contributed by atoms with E-state index in [4.69, 9.17) is 9.40 Å². The average Bonchev–Trinajstić information content (AvgIpc) is 3.43. The lowest BCUT2D eigenvalue weighted by molar-refractivity contribution is 0.619. The molecule has 2 aromatic carbocycles. The molecule has 0 unspecified atom stereocenters. The van der Waals surface area contributed by atoms with Crippen molar-refractivity contribution >= 4 is 38.3 Å². The summed E-state index contributed by atoms with van der Waals surface area (Å²) in [5.41, 5.74) is 4.81. The van der Waals surface area contributed by atoms with Gasteiger partial charge < -0.3 is 4.42 Å². The molecule has 5 rings (SSSR count). The van der Waals surface area contributed by atoms with Crippen LogP contribution in [0.3, 0.4) is 0 Å². The lowest BCUT2D eigenvalue weighted by Crippen LogP contribution is -1.95. The lowest BCUT2D eigenvalue weighted by Gasteiger charge is -2.06. The lowest BCUT2D eigenvalue weighted by atomic mass is 10.1. The molecule has 3 heterocycles. The number of fused-ring (bicyclic) bond motifs is 5. The van der Waals surface area contributed by atoms with E-state index in [1.807, 2.05) is 66.9 Å². The topological polar surface area (TPSA) is 31.0 Å². The molecular formula is C29H22N2O. The number of hydrogen-bond donors (Lipinski definition) is 0. The maximum Gasteiger partial charge on any atom is 0.143 e. The van der Waals surface area contributed by atoms with Crippen LogP contribution in [0.4, 0.5) is 0 Å². The first-order valence-electron chi connectivity index (χ1n) is 10.5. The van der Waals surface area contributed by atoms with Gasteiger partial charge in [0.25, 0.3) is 0 Å². The van der Waals surface area contributed by atoms with Crippen LogP contribution in [-0.4, -0.2) is 9.55 Å². The van der Waals surface area contributed by atoms with Crippen molar-refractivity contribution in [1.29, 1.82) is 0 Å². The minimum absolute atomic E-state index is 0.806. The van der Waals surface area contributed by atoms with E-state index in [9.17, 15) is 0 Å². The van der Waals surface area contributed by atoms with E-state index in [0.29, 0.717) is 0 Å². The Morgan fingerprint density at radius 3 is 2.56 bits per heavy atom. The highest BCUT2D eigenvalue weighted by atomic mass is 16.3. The van der Waals surface area contributed by atoms with Gasteiger partial charge in [0.2, 0.25) is 0 Å². The van der Waals surface area contributed by atoms with E-state index in [1.54, 1.807) is 12.3 Å². The molecule has 3 nitrogen and oxygen atoms in total. The van der Waals surface area contributed by atoms with Gasteiger partial charge in [0.05, 0.1) is 22.7 Å². The Balaban J connectivity index is 1.83. The molecule has 154 valence electrons. The zero-order valence-electron chi connectivity index (χ0n) is 17.6. The second kappa shape index (κ2) is 8.40. The monoisotopic (exact) mass is 414 g/mol. The minimum Gasteiger partial charge on any atom is -0.464 e. The van der Waals surface area contributed by atoms with E-state index in [0.717, 1.165) is 49.7 Å². The third-order valence-electron chi connectivity index (χ3n) is 5.48. The Labute approximate surface area is 186 Å². The van der Waals surface area contributed by atoms with Gasteiger partial charge in [-0.05, 0) is 41.5 Å². The molecule has 0 saturated carbocycles. The maximum atomic E-state index is 5.88. The minimum atomic E-state index is 0.806. The van der Waals surface area contributed by atoms with Crippen LogP contribution >= 0.6 is 0 Å². The SMILES string of the molecule is C=CC=CC(=C)c1ccccccc(-n2c3ccccc3c3c4occc4ccc32)nc1. The van der Waals surface area contributed by atoms with Crippen molar-refractivity contribution in [2.45, 2.75) is 0 Å². The molecule has 0 amide bonds. The predicted octanol–water partition coefficient (Wildman–Crippen LogP) is 7.80. The van der Waals surface area contributed by atoms with Gasteiger partial charge in [-0.15, -0.1) is 0 Å². The molecule has 0 bridgehead atoms. The summed E-state index contributed by atoms with van der Waals surface area (Å²) in [6, 6.07) is 26.6. The van der Waals surface area contributed by atoms with E-state index < -0.39 is 0 Å². The van der Waals surface area contributed by atoms with Crippen LogP contribution in [0.2, 0.25) is 0 Å². The van der Waals surface area contributed by atoms with Crippen molar-refractivity contribution in [3.8, 4) is 5.82 Å². The highest BCUT2D eigenvalue weighted by Gasteiger charge is 2.16. The molecule has 0 fully saturated rings. The molecule has 3 heteroatoms. The third-order valence-corrected chi connectivity index (χ3v) is 5.48. The summed E-state index contributed by atoms with van der Waals surface area (Å²) in [4.78, 5) is 4.90. The van der Waals surface area contributed by atoms with Crippen molar-refractivity contribution in [3.05, 3.63) is 128 Å². The maximum absolute atomic E-state index is 5.88. The average molecular weight is 415 g/mol. The highest BCUT2D eigenvalue weighted by Crippen LogP contribution is 2.36. The number of para-hydroxylation sites is 1. The second-order valence-electron chi connectivity index (χ2n) is 7.45. The smallest absolute Gasteiger partial charge is 0.143 e. The van der Waals surface area contributed by atoms with Gasteiger partial charge in [0.15, 0.2) is 0 Å². The van der Waals surface area contributed by atoms with Crippen molar-refractivity contribution in [3.63, 3.8) is 0 Å². The van der Waals surface area contributed by atoms with Gasteiger partial charge >= 0.3 is 0 Å². The van der Waals surface area contributed by atoms with Gasteiger partial charge in [-0.3, -0.25) is 4.57 Å². The first kappa shape index (κ1) is 19.6. The summed E-state index contributed by atoms with van der Waals surface area (Å²) >= 11 is 0. The number of rotatable bonds is 4. The molecule has 0 aliphatic rings. The number of hydrogen-bond acceptors (Lipinski definition) is 2. The first-order valence-corrected chi connectivity index (χ1v) is 10.5. The van der Waals surface area contributed by atoms with Crippen LogP contribution in [0.1, 0.15) is 5.56 Å². The Morgan fingerprint density at radius 2 is 1.69 bits per heavy atom. The van der Waals surface area contributed by atoms with Gasteiger partial charge in [-0.1, -0.05) is 79.9 Å². The zero-order valence-corrected chi connectivity index (χ0v) is 17.6. The molecular weight excluding hydrogens is 392 g/mol. The van der Waals surface area contributed by atoms with Gasteiger partial charge in [0, 0.05) is 17.0 Å². The molecule has 0 aliphatic carbocycles. The van der Waals surface area contributed by atoms with Gasteiger partial charge in [-0.25, -0.2) is 4.98 Å². The molecule has 5 aromatic rings. The fourth-order valence-electron chi connectivity index (χ4n) is 3.98. The number of allylic oxidation sites excluding steroid dienone is 4. The predicted molar refractivity (Wildman–Crippen MR) is 134 cm³/mol. The summed E-state index contributed by atoms with van der Waals surface area (Å²) in [6.07, 6.45) is 9.14. The normalized spacial score (nSPS) is 11.2. The summed E-state index contributed by atoms with van der Waals surface area (Å²) in [5.74, 6) is 0.806. The molecule has 0 spiro atoms. The van der Waals surface area contributed by atoms with E-state index in [1.165, 1.54) is 0 Å². The van der Waals surface area contributed by atoms with Crippen molar-refractivity contribution < 1.29 is 4.42 Å². The van der Waals surface area contributed by atoms with Crippen molar-refractivity contribution in [2.75, 3.05) is 0 Å². The van der Waals surface area contributed by atoms with Crippen LogP contribution in [0.15, 0.2) is 127 Å². The van der Waals surface area contributed by atoms with E-state index in [-0.39, 0.29) is 0 Å². The highest BCUT2D eigenvalue weighted by molar-refractivity contribution is 6.19. The van der Waals surface area contributed by atoms with Crippen molar-refractivity contribution in [2.24, 2.45) is 0 Å². The van der Waals surface area contributed by atoms with E-state index in [2.05, 4.69) is 48.1 Å². The first-order chi connectivity index (χ1) is 15.8. The summed E-state index contributed by atoms with van der Waals surface area (Å²) in [6.45, 7) is 7.91. The number of benzene rings is 2. The Hall–Kier alpha value is -4.37. The Morgan fingerprint density at radius 1 is 0.875 bits per heavy atom. The van der Waals surface area contributed by atoms with E-state index >= 15 is 0 Å². The van der Waals surface area contributed by atoms with Crippen LogP contribution in [0, 0.1) is 0 Å². The summed E-state index contributed by atoms with van der Waals surface area (Å²) in [5, 5.41) is 3.31. The molecule has 0 atom stereocenters. The number of aromatic nitrogens is 2. The number of nitrogens with zero attached hydrogens (tertiary/aromatic N) is 2. The molecule has 0 aliphatic heterocycles. The van der Waals surface area contributed by atoms with Crippen molar-refractivity contribution in [1.82, 2.24) is 9.55 Å². The third kappa shape index (κ3) is 3.40. The Kier molecular flexibility index (Phi) is 5.14. The Bertz CT molecular complexity index is 1560. The fraction of sp³-hybridized carbons (Fsp3) is 0. The van der Waals surface area contributed by atoms with Crippen LogP contribution in [0.25, 0.3) is 44.2 Å². The van der Waals surface area contributed by atoms with Crippen LogP contribution < -0.4 is 0 Å². The van der Waals surface area contributed by atoms with Gasteiger partial charge in [-0.2, -0.15) is 0 Å². The fourth-order valence-corrected chi connectivity index (χ4v) is 3.98. The van der Waals surface area contributed by atoms with Crippen LogP contribution in [0.5, 0.6) is 0 Å². The number of furan rings is 1. The molecule has 0 saturated heterocycles. The molecule has 0 N–H and O–H groups in total. The standard InChI is InChI=1S/C29H22N2O/c1-3-4-11-21(2)23-12-7-5-6-8-15-27(30-20-23)31-25-14-10-9-13-24(25)28-26(31)17-16-22-18-19-32-29(22)28/h3-20H,1-2H2. The second-order valence-corrected chi connectivity index (χ2v) is 7.45. The zero-order chi connectivity index (χ0) is 21.9. The largest absolute Gasteiger partial charge is 0.464 e. The van der Waals surface area contributed by atoms with Gasteiger partial charge in [0.1, 0.15) is 11.4 Å². The summed E-state index contributed by atoms with van der Waals surface area (Å²) in [7, 11) is 0. The molecule has 3 aromatic heterocycles. The molecule has 32 heavy (non-hydrogen) atoms. The molecule has 0 radical (unpaired) electrons. The summed E-state index contributed by atoms with van der Waals surface area (Å²) < 4.78 is 8.06. The van der Waals surface area contributed by atoms with Crippen LogP contribution in [-0.2, 0) is 0 Å². The quantitative estimate of drug-likeness (QED) is 0.281.